The van der Waals surface area contributed by atoms with E-state index in [0.717, 1.165) is 34.4 Å². The number of carbonyl (C=O) groups is 1. The highest BCUT2D eigenvalue weighted by Gasteiger charge is 2.26. The number of rotatable bonds is 13. The molecule has 0 saturated carbocycles. The van der Waals surface area contributed by atoms with Gasteiger partial charge < -0.3 is 9.64 Å². The van der Waals surface area contributed by atoms with Gasteiger partial charge >= 0.3 is 0 Å². The Bertz CT molecular complexity index is 1570. The molecule has 1 amide bonds. The topological polar surface area (TPSA) is 83.1 Å². The molecule has 41 heavy (non-hydrogen) atoms. The molecule has 0 bridgehead atoms. The number of ether oxygens (including phenoxy) is 1. The molecule has 218 valence electrons. The fourth-order valence-electron chi connectivity index (χ4n) is 4.67. The minimum Gasteiger partial charge on any atom is -0.494 e. The van der Waals surface area contributed by atoms with Crippen molar-refractivity contribution in [1.29, 1.82) is 0 Å². The highest BCUT2D eigenvalue weighted by atomic mass is 32.2. The number of carbonyl (C=O) groups excluding carboxylic acids is 1. The fourth-order valence-corrected chi connectivity index (χ4v) is 7.19. The molecule has 0 atom stereocenters. The van der Waals surface area contributed by atoms with E-state index in [1.807, 2.05) is 56.3 Å². The maximum atomic E-state index is 13.9. The molecule has 0 fully saturated rings. The maximum Gasteiger partial charge on any atom is 0.260 e. The van der Waals surface area contributed by atoms with E-state index in [1.54, 1.807) is 24.1 Å². The van der Waals surface area contributed by atoms with Crippen LogP contribution in [0.5, 0.6) is 5.75 Å². The van der Waals surface area contributed by atoms with Crippen LogP contribution in [-0.2, 0) is 16.6 Å². The SMILES string of the molecule is CCN(CC)CCN(C(=O)c1ccc(S(=O)(=O)N(CC)Cc2ccccc2)cc1)c1nc2c(OC)ccc(C)c2s1. The first-order valence-corrected chi connectivity index (χ1v) is 16.1. The molecule has 4 aromatic rings. The molecule has 1 aromatic heterocycles. The summed E-state index contributed by atoms with van der Waals surface area (Å²) in [6, 6.07) is 19.6. The molecule has 0 aliphatic heterocycles. The van der Waals surface area contributed by atoms with Gasteiger partial charge in [-0.15, -0.1) is 0 Å². The van der Waals surface area contributed by atoms with Gasteiger partial charge in [0, 0.05) is 31.7 Å². The summed E-state index contributed by atoms with van der Waals surface area (Å²) in [7, 11) is -2.13. The predicted molar refractivity (Wildman–Crippen MR) is 167 cm³/mol. The van der Waals surface area contributed by atoms with Crippen LogP contribution in [0.25, 0.3) is 10.2 Å². The van der Waals surface area contributed by atoms with Gasteiger partial charge in [0.2, 0.25) is 10.0 Å². The van der Waals surface area contributed by atoms with Crippen LogP contribution in [0.15, 0.2) is 71.6 Å². The molecule has 3 aromatic carbocycles. The molecular weight excluding hydrogens is 556 g/mol. The number of hydrogen-bond donors (Lipinski definition) is 0. The smallest absolute Gasteiger partial charge is 0.260 e. The normalized spacial score (nSPS) is 11.9. The number of benzene rings is 3. The van der Waals surface area contributed by atoms with Gasteiger partial charge in [-0.05, 0) is 61.5 Å². The highest BCUT2D eigenvalue weighted by Crippen LogP contribution is 2.37. The van der Waals surface area contributed by atoms with E-state index in [4.69, 9.17) is 9.72 Å². The van der Waals surface area contributed by atoms with E-state index in [-0.39, 0.29) is 17.3 Å². The second-order valence-corrected chi connectivity index (χ2v) is 12.6. The van der Waals surface area contributed by atoms with E-state index in [1.165, 1.54) is 27.8 Å². The third-order valence-corrected chi connectivity index (χ3v) is 10.4. The molecule has 1 heterocycles. The molecule has 0 unspecified atom stereocenters. The van der Waals surface area contributed by atoms with Gasteiger partial charge in [0.15, 0.2) is 5.13 Å². The molecule has 0 aliphatic carbocycles. The summed E-state index contributed by atoms with van der Waals surface area (Å²) in [6.45, 7) is 11.5. The minimum atomic E-state index is -3.74. The lowest BCUT2D eigenvalue weighted by Gasteiger charge is -2.25. The number of nitrogens with zero attached hydrogens (tertiary/aromatic N) is 4. The van der Waals surface area contributed by atoms with Crippen molar-refractivity contribution in [2.24, 2.45) is 0 Å². The van der Waals surface area contributed by atoms with E-state index in [0.29, 0.717) is 36.1 Å². The summed E-state index contributed by atoms with van der Waals surface area (Å²) < 4.78 is 34.8. The lowest BCUT2D eigenvalue weighted by molar-refractivity contribution is 0.0983. The van der Waals surface area contributed by atoms with Crippen molar-refractivity contribution < 1.29 is 17.9 Å². The Morgan fingerprint density at radius 1 is 0.902 bits per heavy atom. The number of anilines is 1. The van der Waals surface area contributed by atoms with Crippen LogP contribution in [0.1, 0.15) is 42.3 Å². The van der Waals surface area contributed by atoms with Crippen molar-refractivity contribution in [3.05, 3.63) is 83.4 Å². The Morgan fingerprint density at radius 2 is 1.59 bits per heavy atom. The zero-order chi connectivity index (χ0) is 29.6. The number of fused-ring (bicyclic) bond motifs is 1. The van der Waals surface area contributed by atoms with E-state index < -0.39 is 10.0 Å². The van der Waals surface area contributed by atoms with Gasteiger partial charge in [0.05, 0.1) is 16.7 Å². The Labute approximate surface area is 247 Å². The molecule has 0 radical (unpaired) electrons. The number of aryl methyl sites for hydroxylation is 1. The molecule has 0 aliphatic rings. The van der Waals surface area contributed by atoms with Crippen molar-refractivity contribution in [3.63, 3.8) is 0 Å². The van der Waals surface area contributed by atoms with Crippen molar-refractivity contribution in [2.75, 3.05) is 44.7 Å². The largest absolute Gasteiger partial charge is 0.494 e. The van der Waals surface area contributed by atoms with Crippen molar-refractivity contribution in [2.45, 2.75) is 39.1 Å². The van der Waals surface area contributed by atoms with Gasteiger partial charge in [-0.3, -0.25) is 9.69 Å². The third-order valence-electron chi connectivity index (χ3n) is 7.22. The Balaban J connectivity index is 1.65. The number of thiazole rings is 1. The third kappa shape index (κ3) is 6.78. The van der Waals surface area contributed by atoms with E-state index >= 15 is 0 Å². The molecule has 0 N–H and O–H groups in total. The van der Waals surface area contributed by atoms with Crippen molar-refractivity contribution in [3.8, 4) is 5.75 Å². The van der Waals surface area contributed by atoms with Crippen LogP contribution >= 0.6 is 11.3 Å². The van der Waals surface area contributed by atoms with Gasteiger partial charge in [-0.2, -0.15) is 4.31 Å². The molecule has 8 nitrogen and oxygen atoms in total. The number of amides is 1. The van der Waals surface area contributed by atoms with Gasteiger partial charge in [-0.1, -0.05) is 68.5 Å². The van der Waals surface area contributed by atoms with E-state index in [2.05, 4.69) is 18.7 Å². The lowest BCUT2D eigenvalue weighted by atomic mass is 10.2. The Hall–Kier alpha value is -3.31. The van der Waals surface area contributed by atoms with Crippen LogP contribution < -0.4 is 9.64 Å². The first-order chi connectivity index (χ1) is 19.7. The summed E-state index contributed by atoms with van der Waals surface area (Å²) >= 11 is 1.46. The number of hydrogen-bond acceptors (Lipinski definition) is 7. The summed E-state index contributed by atoms with van der Waals surface area (Å²) in [5, 5.41) is 0.585. The maximum absolute atomic E-state index is 13.9. The summed E-state index contributed by atoms with van der Waals surface area (Å²) in [5.41, 5.74) is 3.10. The van der Waals surface area contributed by atoms with Gasteiger partial charge in [0.25, 0.3) is 5.91 Å². The number of sulfonamides is 1. The van der Waals surface area contributed by atoms with Crippen molar-refractivity contribution >= 4 is 42.6 Å². The standard InChI is InChI=1S/C31H38N4O4S2/c1-6-33(7-2)20-21-35(31-32-28-27(39-5)19-14-23(4)29(28)40-31)30(36)25-15-17-26(18-16-25)41(37,38)34(8-3)22-24-12-10-9-11-13-24/h9-19H,6-8,20-22H2,1-5H3. The lowest BCUT2D eigenvalue weighted by Crippen LogP contribution is -2.39. The molecule has 4 rings (SSSR count). The van der Waals surface area contributed by atoms with Crippen molar-refractivity contribution in [1.82, 2.24) is 14.2 Å². The van der Waals surface area contributed by atoms with Crippen LogP contribution in [0.2, 0.25) is 0 Å². The average Bonchev–Trinajstić information content (AvgIpc) is 3.45. The zero-order valence-electron chi connectivity index (χ0n) is 24.3. The molecular formula is C31H38N4O4S2. The Morgan fingerprint density at radius 3 is 2.20 bits per heavy atom. The van der Waals surface area contributed by atoms with Crippen LogP contribution in [0.4, 0.5) is 5.13 Å². The van der Waals surface area contributed by atoms with Gasteiger partial charge in [0.1, 0.15) is 11.3 Å². The average molecular weight is 595 g/mol. The first kappa shape index (κ1) is 30.6. The molecule has 0 spiro atoms. The highest BCUT2D eigenvalue weighted by molar-refractivity contribution is 7.89. The molecule has 0 saturated heterocycles. The quantitative estimate of drug-likeness (QED) is 0.194. The monoisotopic (exact) mass is 594 g/mol. The summed E-state index contributed by atoms with van der Waals surface area (Å²) in [5.74, 6) is 0.434. The Kier molecular flexibility index (Phi) is 10.1. The second kappa shape index (κ2) is 13.6. The van der Waals surface area contributed by atoms with Gasteiger partial charge in [-0.25, -0.2) is 13.4 Å². The minimum absolute atomic E-state index is 0.155. The van der Waals surface area contributed by atoms with Crippen LogP contribution in [0, 0.1) is 6.92 Å². The fraction of sp³-hybridized carbons (Fsp3) is 0.355. The molecule has 10 heteroatoms. The number of aromatic nitrogens is 1. The number of likely N-dealkylation sites (N-methyl/N-ethyl adjacent to an activating group) is 1. The first-order valence-electron chi connectivity index (χ1n) is 13.9. The predicted octanol–water partition coefficient (Wildman–Crippen LogP) is 5.81. The van der Waals surface area contributed by atoms with E-state index in [9.17, 15) is 13.2 Å². The summed E-state index contributed by atoms with van der Waals surface area (Å²) in [4.78, 5) is 22.9. The summed E-state index contributed by atoms with van der Waals surface area (Å²) in [6.07, 6.45) is 0. The number of methoxy groups -OCH3 is 1. The zero-order valence-corrected chi connectivity index (χ0v) is 26.0. The van der Waals surface area contributed by atoms with Crippen LogP contribution in [0.3, 0.4) is 0 Å². The van der Waals surface area contributed by atoms with Crippen LogP contribution in [-0.4, -0.2) is 68.3 Å². The second-order valence-electron chi connectivity index (χ2n) is 9.68.